The van der Waals surface area contributed by atoms with E-state index in [0.29, 0.717) is 23.9 Å². The summed E-state index contributed by atoms with van der Waals surface area (Å²) in [5.41, 5.74) is 10.5. The molecule has 3 aliphatic rings. The van der Waals surface area contributed by atoms with E-state index in [9.17, 15) is 19.5 Å². The Bertz CT molecular complexity index is 3210. The lowest BCUT2D eigenvalue weighted by molar-refractivity contribution is -0.141. The summed E-state index contributed by atoms with van der Waals surface area (Å²) >= 11 is 9.59. The van der Waals surface area contributed by atoms with E-state index in [-0.39, 0.29) is 61.5 Å². The Hall–Kier alpha value is -6.44. The van der Waals surface area contributed by atoms with Crippen molar-refractivity contribution in [1.82, 2.24) is 50.0 Å². The average molecular weight is 1040 g/mol. The number of ketones is 1. The van der Waals surface area contributed by atoms with Crippen LogP contribution in [0.5, 0.6) is 0 Å². The molecule has 10 rings (SSSR count). The second kappa shape index (κ2) is 20.8. The highest BCUT2D eigenvalue weighted by Gasteiger charge is 2.42. The minimum Gasteiger partial charge on any atom is -0.391 e. The summed E-state index contributed by atoms with van der Waals surface area (Å²) in [6.07, 6.45) is 5.55. The quantitative estimate of drug-likeness (QED) is 0.0896. The molecular weight excluding hydrogens is 980 g/mol. The number of halogens is 1. The lowest BCUT2D eigenvalue weighted by atomic mass is 9.99. The van der Waals surface area contributed by atoms with Crippen LogP contribution in [0.3, 0.4) is 0 Å². The van der Waals surface area contributed by atoms with Gasteiger partial charge in [-0.2, -0.15) is 5.10 Å². The van der Waals surface area contributed by atoms with Crippen LogP contribution in [0.4, 0.5) is 5.82 Å². The fourth-order valence-electron chi connectivity index (χ4n) is 10.3. The number of fused-ring (bicyclic) bond motifs is 3. The van der Waals surface area contributed by atoms with Gasteiger partial charge in [0.05, 0.1) is 53.1 Å². The predicted molar refractivity (Wildman–Crippen MR) is 286 cm³/mol. The monoisotopic (exact) mass is 1040 g/mol. The van der Waals surface area contributed by atoms with Crippen LogP contribution in [0, 0.1) is 33.6 Å². The van der Waals surface area contributed by atoms with Crippen molar-refractivity contribution in [2.75, 3.05) is 31.1 Å². The number of likely N-dealkylation sites (tertiary alicyclic amines) is 1. The summed E-state index contributed by atoms with van der Waals surface area (Å²) in [7, 11) is 0. The Morgan fingerprint density at radius 2 is 1.68 bits per heavy atom. The summed E-state index contributed by atoms with van der Waals surface area (Å²) in [6.45, 7) is 15.4. The van der Waals surface area contributed by atoms with Gasteiger partial charge in [-0.3, -0.25) is 28.6 Å². The maximum atomic E-state index is 14.5. The normalized spacial score (nSPS) is 19.4. The molecule has 1 unspecified atom stereocenters. The second-order valence-corrected chi connectivity index (χ2v) is 22.3. The van der Waals surface area contributed by atoms with Gasteiger partial charge < -0.3 is 25.5 Å². The van der Waals surface area contributed by atoms with Crippen LogP contribution in [0.1, 0.15) is 103 Å². The van der Waals surface area contributed by atoms with E-state index >= 15 is 0 Å². The molecule has 0 spiro atoms. The lowest BCUT2D eigenvalue weighted by Gasteiger charge is -2.30. The number of nitrogens with zero attached hydrogens (tertiary/aromatic N) is 10. The van der Waals surface area contributed by atoms with Gasteiger partial charge in [-0.25, -0.2) is 9.97 Å². The molecule has 8 heterocycles. The first kappa shape index (κ1) is 50.1. The van der Waals surface area contributed by atoms with E-state index in [1.165, 1.54) is 4.88 Å². The average Bonchev–Trinajstić information content (AvgIpc) is 4.26. The highest BCUT2D eigenvalue weighted by atomic mass is 35.5. The minimum absolute atomic E-state index is 0.0495. The van der Waals surface area contributed by atoms with Crippen molar-refractivity contribution in [2.45, 2.75) is 104 Å². The first-order valence-electron chi connectivity index (χ1n) is 24.8. The van der Waals surface area contributed by atoms with Crippen molar-refractivity contribution in [3.05, 3.63) is 134 Å². The van der Waals surface area contributed by atoms with Crippen LogP contribution in [-0.2, 0) is 14.4 Å². The zero-order valence-corrected chi connectivity index (χ0v) is 44.3. The SMILES string of the molecule is Cc1ncsc1-c1ccc([C@H](C)NCC(=O)[C@@H]2C[C@@H](O)CN2C(=O)[C@@H](C(C)C)n2cc(-c3ccnc(N4CCC(NC(=O)C[C@@H]5N=C(c6ccc(Cl)cc6)c6c(sc(C)c6C)-n6c(C)nnc65)C4)c3)cn2)cc1. The highest BCUT2D eigenvalue weighted by Crippen LogP contribution is 2.40. The predicted octanol–water partition coefficient (Wildman–Crippen LogP) is 8.35. The van der Waals surface area contributed by atoms with E-state index in [0.717, 1.165) is 78.3 Å². The first-order valence-corrected chi connectivity index (χ1v) is 26.9. The van der Waals surface area contributed by atoms with Crippen LogP contribution < -0.4 is 15.5 Å². The van der Waals surface area contributed by atoms with Crippen molar-refractivity contribution in [1.29, 1.82) is 0 Å². The van der Waals surface area contributed by atoms with E-state index in [1.54, 1.807) is 44.6 Å². The topological polar surface area (TPSA) is 189 Å². The standard InChI is InChI=1S/C54H59ClN12O4S2/c1-29(2)50(53(71)65-27-42(68)21-44(65)45(69)24-57-31(4)35-8-10-37(11-9-35)51-32(5)58-28-72-51)66-25-39(23-59-66)38-16-18-56-46(20-38)64-19-17-41(26-64)60-47(70)22-43-52-63-62-34(7)67(52)54-48(30(3)33(6)73-54)49(61-43)36-12-14-40(55)15-13-36/h8-16,18,20,23,25,28-29,31,41-44,50,57,68H,17,19,21-22,24,26-27H2,1-7H3,(H,60,70)/t31-,41?,42+,43-,44-,50+/m0/s1. The summed E-state index contributed by atoms with van der Waals surface area (Å²) in [4.78, 5) is 62.7. The van der Waals surface area contributed by atoms with E-state index < -0.39 is 24.2 Å². The Balaban J connectivity index is 0.783. The van der Waals surface area contributed by atoms with Crippen LogP contribution >= 0.6 is 34.3 Å². The lowest BCUT2D eigenvalue weighted by Crippen LogP contribution is -2.47. The molecule has 73 heavy (non-hydrogen) atoms. The molecule has 16 nitrogen and oxygen atoms in total. The van der Waals surface area contributed by atoms with E-state index in [1.807, 2.05) is 82.7 Å². The number of rotatable bonds is 15. The summed E-state index contributed by atoms with van der Waals surface area (Å²) in [5.74, 6) is 1.42. The zero-order chi connectivity index (χ0) is 51.2. The smallest absolute Gasteiger partial charge is 0.248 e. The molecule has 0 saturated carbocycles. The van der Waals surface area contributed by atoms with Gasteiger partial charge in [-0.1, -0.05) is 61.8 Å². The highest BCUT2D eigenvalue weighted by molar-refractivity contribution is 7.15. The second-order valence-electron chi connectivity index (χ2n) is 19.8. The van der Waals surface area contributed by atoms with Crippen LogP contribution in [0.2, 0.25) is 5.02 Å². The van der Waals surface area contributed by atoms with Crippen molar-refractivity contribution in [2.24, 2.45) is 10.9 Å². The number of hydrogen-bond acceptors (Lipinski definition) is 14. The number of aryl methyl sites for hydroxylation is 3. The number of aliphatic hydroxyl groups is 1. The number of anilines is 1. The Morgan fingerprint density at radius 3 is 2.42 bits per heavy atom. The number of hydrogen-bond donors (Lipinski definition) is 3. The molecule has 3 N–H and O–H groups in total. The van der Waals surface area contributed by atoms with Gasteiger partial charge in [0, 0.05) is 77.1 Å². The Morgan fingerprint density at radius 1 is 0.918 bits per heavy atom. The van der Waals surface area contributed by atoms with Crippen LogP contribution in [-0.4, -0.2) is 112 Å². The molecule has 5 aromatic heterocycles. The molecule has 2 saturated heterocycles. The summed E-state index contributed by atoms with van der Waals surface area (Å²) in [6, 6.07) is 17.5. The number of thiazole rings is 1. The molecule has 3 aliphatic heterocycles. The van der Waals surface area contributed by atoms with Crippen molar-refractivity contribution in [3.63, 3.8) is 0 Å². The number of carbonyl (C=O) groups excluding carboxylic acids is 3. The van der Waals surface area contributed by atoms with Gasteiger partial charge in [0.1, 0.15) is 28.7 Å². The minimum atomic E-state index is -0.811. The molecule has 2 aromatic carbocycles. The fraction of sp³-hybridized carbons (Fsp3) is 0.389. The Labute approximate surface area is 437 Å². The van der Waals surface area contributed by atoms with Gasteiger partial charge >= 0.3 is 0 Å². The molecule has 0 radical (unpaired) electrons. The molecular formula is C54H59ClN12O4S2. The fourth-order valence-corrected chi connectivity index (χ4v) is 12.5. The number of aliphatic hydroxyl groups excluding tert-OH is 1. The number of pyridine rings is 1. The molecule has 0 bridgehead atoms. The summed E-state index contributed by atoms with van der Waals surface area (Å²) < 4.78 is 3.73. The van der Waals surface area contributed by atoms with Crippen molar-refractivity contribution < 1.29 is 19.5 Å². The van der Waals surface area contributed by atoms with E-state index in [2.05, 4.69) is 73.4 Å². The van der Waals surface area contributed by atoms with Crippen molar-refractivity contribution >= 4 is 63.4 Å². The maximum Gasteiger partial charge on any atom is 0.248 e. The molecule has 0 aliphatic carbocycles. The van der Waals surface area contributed by atoms with Gasteiger partial charge in [0.15, 0.2) is 11.6 Å². The largest absolute Gasteiger partial charge is 0.391 e. The van der Waals surface area contributed by atoms with E-state index in [4.69, 9.17) is 26.7 Å². The maximum absolute atomic E-state index is 14.5. The number of carbonyl (C=O) groups is 3. The summed E-state index contributed by atoms with van der Waals surface area (Å²) in [5, 5.41) is 32.8. The third-order valence-corrected chi connectivity index (χ3v) is 16.8. The first-order chi connectivity index (χ1) is 35.1. The van der Waals surface area contributed by atoms with Gasteiger partial charge in [-0.05, 0) is 93.5 Å². The molecule has 7 aromatic rings. The number of aromatic nitrogens is 7. The third kappa shape index (κ3) is 10.1. The van der Waals surface area contributed by atoms with Crippen LogP contribution in [0.15, 0.2) is 89.8 Å². The van der Waals surface area contributed by atoms with Crippen molar-refractivity contribution in [3.8, 4) is 26.6 Å². The number of amides is 2. The third-order valence-electron chi connectivity index (χ3n) is 14.4. The number of aliphatic imine (C=N–C) groups is 1. The Kier molecular flexibility index (Phi) is 14.3. The molecule has 378 valence electrons. The van der Waals surface area contributed by atoms with Gasteiger partial charge in [0.2, 0.25) is 11.8 Å². The number of nitrogens with one attached hydrogen (secondary N) is 2. The molecule has 19 heteroatoms. The van der Waals surface area contributed by atoms with Gasteiger partial charge in [0.25, 0.3) is 0 Å². The molecule has 2 fully saturated rings. The zero-order valence-electron chi connectivity index (χ0n) is 41.9. The van der Waals surface area contributed by atoms with Crippen LogP contribution in [0.25, 0.3) is 26.6 Å². The number of β-amino-alcohol motifs (C(OH)–C–C–N with tert-alkyl or cyclic N) is 1. The number of Topliss-reactive ketones (excluding diaryl/α,β-unsaturated/α-hetero) is 1. The number of thiophene rings is 1. The molecule has 6 atom stereocenters. The number of benzene rings is 2. The van der Waals surface area contributed by atoms with Gasteiger partial charge in [-0.15, -0.1) is 32.9 Å². The molecule has 2 amide bonds.